The minimum atomic E-state index is 0.0447. The SMILES string of the molecule is COc1cc(N2CCN(C)CC2)ccc1Nc1ncc(Cl)c(N[C@@H](C)c2ccc(C)cc2)n1. The molecule has 0 aliphatic carbocycles. The van der Waals surface area contributed by atoms with Crippen molar-refractivity contribution in [1.82, 2.24) is 14.9 Å². The zero-order valence-electron chi connectivity index (χ0n) is 19.6. The second-order valence-corrected chi connectivity index (χ2v) is 8.87. The molecule has 0 saturated carbocycles. The van der Waals surface area contributed by atoms with Gasteiger partial charge in [0.1, 0.15) is 10.8 Å². The maximum atomic E-state index is 6.38. The lowest BCUT2D eigenvalue weighted by Gasteiger charge is -2.34. The first-order valence-corrected chi connectivity index (χ1v) is 11.5. The van der Waals surface area contributed by atoms with Crippen LogP contribution >= 0.6 is 11.6 Å². The standard InChI is InChI=1S/C25H31ClN6O/c1-17-5-7-19(8-6-17)18(2)28-24-21(26)16-27-25(30-24)29-22-10-9-20(15-23(22)33-4)32-13-11-31(3)12-14-32/h5-10,15-16,18H,11-14H2,1-4H3,(H2,27,28,29,30)/t18-/m0/s1. The normalized spacial score (nSPS) is 15.2. The highest BCUT2D eigenvalue weighted by molar-refractivity contribution is 6.32. The van der Waals surface area contributed by atoms with Crippen molar-refractivity contribution in [3.63, 3.8) is 0 Å². The molecule has 1 aliphatic heterocycles. The number of nitrogens with zero attached hydrogens (tertiary/aromatic N) is 4. The van der Waals surface area contributed by atoms with Gasteiger partial charge in [-0.25, -0.2) is 4.98 Å². The second-order valence-electron chi connectivity index (χ2n) is 8.47. The van der Waals surface area contributed by atoms with Crippen molar-refractivity contribution in [2.45, 2.75) is 19.9 Å². The molecule has 1 fully saturated rings. The molecule has 4 rings (SSSR count). The summed E-state index contributed by atoms with van der Waals surface area (Å²) < 4.78 is 5.66. The van der Waals surface area contributed by atoms with E-state index in [1.54, 1.807) is 13.3 Å². The topological polar surface area (TPSA) is 65.6 Å². The van der Waals surface area contributed by atoms with Crippen molar-refractivity contribution in [1.29, 1.82) is 0 Å². The number of hydrogen-bond donors (Lipinski definition) is 2. The van der Waals surface area contributed by atoms with Gasteiger partial charge in [0.2, 0.25) is 5.95 Å². The first-order chi connectivity index (χ1) is 15.9. The van der Waals surface area contributed by atoms with E-state index >= 15 is 0 Å². The number of aryl methyl sites for hydroxylation is 1. The fourth-order valence-electron chi connectivity index (χ4n) is 3.84. The predicted octanol–water partition coefficient (Wildman–Crippen LogP) is 5.12. The molecule has 0 unspecified atom stereocenters. The number of benzene rings is 2. The van der Waals surface area contributed by atoms with Crippen LogP contribution in [0.4, 0.5) is 23.1 Å². The predicted molar refractivity (Wildman–Crippen MR) is 136 cm³/mol. The van der Waals surface area contributed by atoms with Gasteiger partial charge >= 0.3 is 0 Å². The monoisotopic (exact) mass is 466 g/mol. The zero-order valence-corrected chi connectivity index (χ0v) is 20.4. The molecule has 0 bridgehead atoms. The van der Waals surface area contributed by atoms with Crippen LogP contribution in [0.2, 0.25) is 5.02 Å². The van der Waals surface area contributed by atoms with Gasteiger partial charge in [-0.1, -0.05) is 41.4 Å². The lowest BCUT2D eigenvalue weighted by molar-refractivity contribution is 0.312. The molecule has 2 aromatic carbocycles. The number of ether oxygens (including phenoxy) is 1. The molecule has 0 amide bonds. The van der Waals surface area contributed by atoms with Crippen LogP contribution in [-0.2, 0) is 0 Å². The molecule has 0 radical (unpaired) electrons. The van der Waals surface area contributed by atoms with E-state index in [-0.39, 0.29) is 6.04 Å². The Kier molecular flexibility index (Phi) is 7.20. The number of piperazine rings is 1. The van der Waals surface area contributed by atoms with E-state index in [4.69, 9.17) is 16.3 Å². The quantitative estimate of drug-likeness (QED) is 0.501. The van der Waals surface area contributed by atoms with Crippen LogP contribution < -0.4 is 20.3 Å². The van der Waals surface area contributed by atoms with Crippen molar-refractivity contribution >= 4 is 34.7 Å². The second kappa shape index (κ2) is 10.3. The molecule has 33 heavy (non-hydrogen) atoms. The summed E-state index contributed by atoms with van der Waals surface area (Å²) in [5.41, 5.74) is 4.34. The number of anilines is 4. The van der Waals surface area contributed by atoms with Gasteiger partial charge in [-0.15, -0.1) is 0 Å². The maximum Gasteiger partial charge on any atom is 0.229 e. The Morgan fingerprint density at radius 3 is 2.48 bits per heavy atom. The third kappa shape index (κ3) is 5.67. The number of aromatic nitrogens is 2. The smallest absolute Gasteiger partial charge is 0.229 e. The van der Waals surface area contributed by atoms with Gasteiger partial charge in [-0.2, -0.15) is 4.98 Å². The van der Waals surface area contributed by atoms with Crippen LogP contribution in [0.5, 0.6) is 5.75 Å². The third-order valence-corrected chi connectivity index (χ3v) is 6.25. The van der Waals surface area contributed by atoms with Crippen LogP contribution in [0.1, 0.15) is 24.1 Å². The largest absolute Gasteiger partial charge is 0.494 e. The summed E-state index contributed by atoms with van der Waals surface area (Å²) >= 11 is 6.38. The molecule has 3 aromatic rings. The van der Waals surface area contributed by atoms with Gasteiger partial charge in [0, 0.05) is 44.0 Å². The summed E-state index contributed by atoms with van der Waals surface area (Å²) in [6.45, 7) is 8.26. The number of hydrogen-bond acceptors (Lipinski definition) is 7. The molecule has 1 saturated heterocycles. The molecule has 0 spiro atoms. The van der Waals surface area contributed by atoms with Gasteiger partial charge in [-0.3, -0.25) is 0 Å². The Bertz CT molecular complexity index is 1080. The van der Waals surface area contributed by atoms with E-state index in [9.17, 15) is 0 Å². The minimum Gasteiger partial charge on any atom is -0.494 e. The van der Waals surface area contributed by atoms with Crippen molar-refractivity contribution in [3.05, 3.63) is 64.8 Å². The molecule has 174 valence electrons. The summed E-state index contributed by atoms with van der Waals surface area (Å²) in [6.07, 6.45) is 1.60. The van der Waals surface area contributed by atoms with Gasteiger partial charge in [0.05, 0.1) is 19.0 Å². The summed E-state index contributed by atoms with van der Waals surface area (Å²) in [7, 11) is 3.83. The lowest BCUT2D eigenvalue weighted by Crippen LogP contribution is -2.44. The Balaban J connectivity index is 1.50. The van der Waals surface area contributed by atoms with Gasteiger partial charge in [0.25, 0.3) is 0 Å². The van der Waals surface area contributed by atoms with E-state index in [2.05, 4.69) is 87.7 Å². The Hall–Kier alpha value is -3.03. The number of likely N-dealkylation sites (N-methyl/N-ethyl adjacent to an activating group) is 1. The minimum absolute atomic E-state index is 0.0447. The number of rotatable bonds is 7. The highest BCUT2D eigenvalue weighted by Gasteiger charge is 2.17. The van der Waals surface area contributed by atoms with Crippen LogP contribution in [0.25, 0.3) is 0 Å². The average molecular weight is 467 g/mol. The molecule has 2 heterocycles. The van der Waals surface area contributed by atoms with E-state index < -0.39 is 0 Å². The molecule has 8 heteroatoms. The molecular weight excluding hydrogens is 436 g/mol. The maximum absolute atomic E-state index is 6.38. The first kappa shape index (κ1) is 23.1. The Morgan fingerprint density at radius 2 is 1.79 bits per heavy atom. The van der Waals surface area contributed by atoms with E-state index in [1.165, 1.54) is 5.56 Å². The van der Waals surface area contributed by atoms with Crippen molar-refractivity contribution < 1.29 is 4.74 Å². The fraction of sp³-hybridized carbons (Fsp3) is 0.360. The van der Waals surface area contributed by atoms with Gasteiger partial charge in [0.15, 0.2) is 5.82 Å². The summed E-state index contributed by atoms with van der Waals surface area (Å²) in [6, 6.07) is 14.6. The van der Waals surface area contributed by atoms with Crippen LogP contribution in [0.3, 0.4) is 0 Å². The van der Waals surface area contributed by atoms with Crippen molar-refractivity contribution in [2.24, 2.45) is 0 Å². The van der Waals surface area contributed by atoms with Crippen molar-refractivity contribution in [3.8, 4) is 5.75 Å². The molecule has 2 N–H and O–H groups in total. The van der Waals surface area contributed by atoms with Crippen LogP contribution in [-0.4, -0.2) is 55.2 Å². The summed E-state index contributed by atoms with van der Waals surface area (Å²) in [4.78, 5) is 13.7. The van der Waals surface area contributed by atoms with Crippen LogP contribution in [0.15, 0.2) is 48.7 Å². The zero-order chi connectivity index (χ0) is 23.4. The van der Waals surface area contributed by atoms with E-state index in [1.807, 2.05) is 6.07 Å². The van der Waals surface area contributed by atoms with E-state index in [0.717, 1.165) is 48.9 Å². The number of methoxy groups -OCH3 is 1. The van der Waals surface area contributed by atoms with E-state index in [0.29, 0.717) is 16.8 Å². The molecule has 1 atom stereocenters. The molecule has 1 aliphatic rings. The summed E-state index contributed by atoms with van der Waals surface area (Å²) in [5.74, 6) is 1.77. The number of nitrogens with one attached hydrogen (secondary N) is 2. The molecule has 7 nitrogen and oxygen atoms in total. The Morgan fingerprint density at radius 1 is 1.06 bits per heavy atom. The van der Waals surface area contributed by atoms with Crippen LogP contribution in [0, 0.1) is 6.92 Å². The third-order valence-electron chi connectivity index (χ3n) is 5.97. The lowest BCUT2D eigenvalue weighted by atomic mass is 10.1. The number of halogens is 1. The highest BCUT2D eigenvalue weighted by atomic mass is 35.5. The Labute approximate surface area is 200 Å². The average Bonchev–Trinajstić information content (AvgIpc) is 2.82. The molecule has 1 aromatic heterocycles. The van der Waals surface area contributed by atoms with Gasteiger partial charge < -0.3 is 25.2 Å². The van der Waals surface area contributed by atoms with Gasteiger partial charge in [-0.05, 0) is 38.6 Å². The summed E-state index contributed by atoms with van der Waals surface area (Å²) in [5, 5.41) is 7.14. The molecular formula is C25H31ClN6O. The highest BCUT2D eigenvalue weighted by Crippen LogP contribution is 2.33. The first-order valence-electron chi connectivity index (χ1n) is 11.2. The fourth-order valence-corrected chi connectivity index (χ4v) is 3.98. The van der Waals surface area contributed by atoms with Crippen molar-refractivity contribution in [2.75, 3.05) is 55.9 Å².